The minimum atomic E-state index is -1.45. The second-order valence-electron chi connectivity index (χ2n) is 12.6. The maximum Gasteiger partial charge on any atom is 0.275 e. The van der Waals surface area contributed by atoms with Gasteiger partial charge in [0.05, 0.1) is 37.1 Å². The number of methoxy groups -OCH3 is 1. The van der Waals surface area contributed by atoms with E-state index in [1.54, 1.807) is 7.11 Å². The van der Waals surface area contributed by atoms with Gasteiger partial charge in [-0.05, 0) is 50.2 Å². The molecular formula is C31H47N7O4. The van der Waals surface area contributed by atoms with E-state index >= 15 is 0 Å². The topological polar surface area (TPSA) is 140 Å². The number of benzene rings is 1. The molecule has 7 N–H and O–H groups in total. The first-order chi connectivity index (χ1) is 20.3. The Morgan fingerprint density at radius 3 is 2.55 bits per heavy atom. The number of nitrogens with two attached hydrogens (primary N) is 1. The maximum atomic E-state index is 13.6. The largest absolute Gasteiger partial charge is 0.495 e. The van der Waals surface area contributed by atoms with Gasteiger partial charge in [-0.15, -0.1) is 0 Å². The molecule has 2 saturated carbocycles. The molecule has 0 bridgehead atoms. The molecule has 4 aliphatic rings. The molecule has 2 aliphatic heterocycles. The van der Waals surface area contributed by atoms with Crippen molar-refractivity contribution >= 4 is 22.5 Å². The van der Waals surface area contributed by atoms with Gasteiger partial charge < -0.3 is 40.0 Å². The fraction of sp³-hybridized carbons (Fsp3) is 0.645. The Morgan fingerprint density at radius 2 is 1.88 bits per heavy atom. The van der Waals surface area contributed by atoms with Crippen LogP contribution in [0, 0.1) is 5.92 Å². The predicted octanol–water partition coefficient (Wildman–Crippen LogP) is 2.57. The smallest absolute Gasteiger partial charge is 0.275 e. The van der Waals surface area contributed by atoms with Crippen LogP contribution in [0.4, 0.5) is 5.69 Å². The number of hydrogen-bond donors (Lipinski definition) is 6. The number of anilines is 1. The Bertz CT molecular complexity index is 1330. The van der Waals surface area contributed by atoms with E-state index in [4.69, 9.17) is 10.5 Å². The number of nitrogens with zero attached hydrogens (tertiary/aromatic N) is 3. The van der Waals surface area contributed by atoms with Gasteiger partial charge in [0.2, 0.25) is 5.91 Å². The van der Waals surface area contributed by atoms with Crippen LogP contribution in [-0.2, 0) is 4.79 Å². The summed E-state index contributed by atoms with van der Waals surface area (Å²) in [6.45, 7) is 2.70. The maximum absolute atomic E-state index is 13.6. The fourth-order valence-corrected chi connectivity index (χ4v) is 7.95. The van der Waals surface area contributed by atoms with Crippen LogP contribution in [0.15, 0.2) is 35.9 Å². The van der Waals surface area contributed by atoms with E-state index in [0.29, 0.717) is 29.1 Å². The molecule has 4 atom stereocenters. The van der Waals surface area contributed by atoms with Gasteiger partial charge in [-0.25, -0.2) is 0 Å². The molecule has 1 amide bonds. The van der Waals surface area contributed by atoms with Crippen molar-refractivity contribution in [2.24, 2.45) is 11.7 Å². The normalized spacial score (nSPS) is 26.8. The number of rotatable bonds is 9. The van der Waals surface area contributed by atoms with E-state index in [1.165, 1.54) is 12.8 Å². The molecule has 3 heterocycles. The second-order valence-corrected chi connectivity index (χ2v) is 12.6. The van der Waals surface area contributed by atoms with Gasteiger partial charge in [-0.3, -0.25) is 15.8 Å². The van der Waals surface area contributed by atoms with Crippen molar-refractivity contribution in [2.45, 2.75) is 94.9 Å². The molecule has 0 saturated heterocycles. The predicted molar refractivity (Wildman–Crippen MR) is 162 cm³/mol. The van der Waals surface area contributed by atoms with E-state index in [9.17, 15) is 15.0 Å². The summed E-state index contributed by atoms with van der Waals surface area (Å²) in [4.78, 5) is 18.0. The van der Waals surface area contributed by atoms with Gasteiger partial charge in [0.25, 0.3) is 5.91 Å². The minimum Gasteiger partial charge on any atom is -0.495 e. The fourth-order valence-electron chi connectivity index (χ4n) is 7.95. The summed E-state index contributed by atoms with van der Waals surface area (Å²) in [5.41, 5.74) is 9.05. The number of hydrogen-bond acceptors (Lipinski definition) is 9. The van der Waals surface area contributed by atoms with Gasteiger partial charge >= 0.3 is 0 Å². The zero-order chi connectivity index (χ0) is 29.6. The first kappa shape index (κ1) is 28.9. The van der Waals surface area contributed by atoms with Gasteiger partial charge in [0, 0.05) is 43.3 Å². The van der Waals surface area contributed by atoms with Crippen LogP contribution in [0.5, 0.6) is 5.75 Å². The van der Waals surface area contributed by atoms with E-state index in [0.717, 1.165) is 68.2 Å². The molecule has 2 aliphatic carbocycles. The molecule has 11 heteroatoms. The summed E-state index contributed by atoms with van der Waals surface area (Å²) in [5, 5.41) is 31.4. The highest BCUT2D eigenvalue weighted by atomic mass is 16.5. The SMILES string of the molecule is CCC1CN(C)C2=C(N[C@@](N)(Nc3cc4ccn(C(C(O)CO)C5CCCC5)c4cc3OC)NC2=O)N1C1CCCC1. The number of amides is 1. The average Bonchev–Trinajstić information content (AvgIpc) is 3.75. The number of carbonyl (C=O) groups excluding carboxylic acids is 1. The third kappa shape index (κ3) is 5.05. The van der Waals surface area contributed by atoms with Crippen LogP contribution in [0.2, 0.25) is 0 Å². The number of likely N-dealkylation sites (N-methyl/N-ethyl adjacent to an activating group) is 1. The van der Waals surface area contributed by atoms with Crippen LogP contribution in [-0.4, -0.2) is 81.9 Å². The lowest BCUT2D eigenvalue weighted by Gasteiger charge is -2.52. The number of aromatic nitrogens is 1. The van der Waals surface area contributed by atoms with E-state index in [2.05, 4.69) is 32.3 Å². The van der Waals surface area contributed by atoms with Crippen LogP contribution in [0.25, 0.3) is 10.9 Å². The Hall–Kier alpha value is -3.15. The lowest BCUT2D eigenvalue weighted by Crippen LogP contribution is -2.76. The van der Waals surface area contributed by atoms with Gasteiger partial charge in [0.1, 0.15) is 17.3 Å². The van der Waals surface area contributed by atoms with Crippen molar-refractivity contribution in [1.82, 2.24) is 25.0 Å². The first-order valence-electron chi connectivity index (χ1n) is 15.7. The minimum absolute atomic E-state index is 0.220. The van der Waals surface area contributed by atoms with Gasteiger partial charge in [0.15, 0.2) is 0 Å². The Balaban J connectivity index is 1.33. The van der Waals surface area contributed by atoms with Crippen molar-refractivity contribution in [3.63, 3.8) is 0 Å². The number of nitrogens with one attached hydrogen (secondary N) is 3. The lowest BCUT2D eigenvalue weighted by atomic mass is 9.93. The van der Waals surface area contributed by atoms with Crippen LogP contribution in [0.1, 0.15) is 70.8 Å². The first-order valence-corrected chi connectivity index (χ1v) is 15.7. The molecule has 230 valence electrons. The molecule has 2 fully saturated rings. The van der Waals surface area contributed by atoms with Gasteiger partial charge in [-0.2, -0.15) is 0 Å². The lowest BCUT2D eigenvalue weighted by molar-refractivity contribution is -0.123. The number of carbonyl (C=O) groups is 1. The number of aliphatic hydroxyl groups is 2. The molecule has 0 spiro atoms. The molecule has 42 heavy (non-hydrogen) atoms. The summed E-state index contributed by atoms with van der Waals surface area (Å²) < 4.78 is 7.91. The van der Waals surface area contributed by atoms with Crippen molar-refractivity contribution < 1.29 is 19.7 Å². The summed E-state index contributed by atoms with van der Waals surface area (Å²) in [5.74, 6) is -0.0307. The number of aliphatic hydroxyl groups excluding tert-OH is 2. The summed E-state index contributed by atoms with van der Waals surface area (Å²) in [6, 6.07) is 6.35. The molecule has 2 aromatic rings. The molecule has 0 radical (unpaired) electrons. The van der Waals surface area contributed by atoms with E-state index in [1.807, 2.05) is 36.3 Å². The Morgan fingerprint density at radius 1 is 1.17 bits per heavy atom. The standard InChI is InChI=1S/C31H47N7O4/c1-4-21-17-36(2)28-29(38(21)22-11-7-8-12-22)34-31(32,35-30(28)41)33-23-15-20-13-14-37(24(20)16-26(23)42-3)27(25(40)18-39)19-9-5-6-10-19/h13-16,19,21-22,25,27,33-34,39-40H,4-12,17-18,32H2,1-3H3,(H,35,41)/t21?,25?,27?,31-/m1/s1. The van der Waals surface area contributed by atoms with Crippen LogP contribution in [0.3, 0.4) is 0 Å². The highest BCUT2D eigenvalue weighted by Gasteiger charge is 2.46. The van der Waals surface area contributed by atoms with E-state index < -0.39 is 12.0 Å². The second kappa shape index (κ2) is 11.5. The van der Waals surface area contributed by atoms with Crippen molar-refractivity contribution in [1.29, 1.82) is 0 Å². The Kier molecular flexibility index (Phi) is 7.93. The Labute approximate surface area is 248 Å². The quantitative estimate of drug-likeness (QED) is 0.247. The van der Waals surface area contributed by atoms with Gasteiger partial charge in [-0.1, -0.05) is 32.6 Å². The molecule has 6 rings (SSSR count). The van der Waals surface area contributed by atoms with E-state index in [-0.39, 0.29) is 24.6 Å². The summed E-state index contributed by atoms with van der Waals surface area (Å²) in [7, 11) is 3.58. The third-order valence-corrected chi connectivity index (χ3v) is 9.93. The summed E-state index contributed by atoms with van der Waals surface area (Å²) in [6.07, 6.45) is 11.0. The zero-order valence-electron chi connectivity index (χ0n) is 25.1. The number of fused-ring (bicyclic) bond motifs is 1. The summed E-state index contributed by atoms with van der Waals surface area (Å²) >= 11 is 0. The molecular weight excluding hydrogens is 534 g/mol. The van der Waals surface area contributed by atoms with Crippen LogP contribution >= 0.6 is 0 Å². The highest BCUT2D eigenvalue weighted by Crippen LogP contribution is 2.41. The zero-order valence-corrected chi connectivity index (χ0v) is 25.1. The molecule has 1 aromatic carbocycles. The van der Waals surface area contributed by atoms with Crippen molar-refractivity contribution in [2.75, 3.05) is 32.6 Å². The molecule has 11 nitrogen and oxygen atoms in total. The third-order valence-electron chi connectivity index (χ3n) is 9.93. The number of ether oxygens (including phenoxy) is 1. The highest BCUT2D eigenvalue weighted by molar-refractivity contribution is 5.95. The average molecular weight is 582 g/mol. The van der Waals surface area contributed by atoms with Crippen LogP contribution < -0.4 is 26.4 Å². The van der Waals surface area contributed by atoms with Crippen molar-refractivity contribution in [3.8, 4) is 5.75 Å². The molecule has 3 unspecified atom stereocenters. The molecule has 1 aromatic heterocycles. The monoisotopic (exact) mass is 581 g/mol. The van der Waals surface area contributed by atoms with Crippen molar-refractivity contribution in [3.05, 3.63) is 35.9 Å².